The van der Waals surface area contributed by atoms with Crippen LogP contribution in [0.5, 0.6) is 11.5 Å². The Labute approximate surface area is 165 Å². The third-order valence-corrected chi connectivity index (χ3v) is 3.25. The van der Waals surface area contributed by atoms with Crippen LogP contribution in [-0.2, 0) is 13.6 Å². The molecule has 2 aromatic rings. The van der Waals surface area contributed by atoms with E-state index in [2.05, 4.69) is 20.7 Å². The summed E-state index contributed by atoms with van der Waals surface area (Å²) in [7, 11) is 3.52. The fourth-order valence-corrected chi connectivity index (χ4v) is 2.19. The predicted molar refractivity (Wildman–Crippen MR) is 111 cm³/mol. The van der Waals surface area contributed by atoms with Crippen molar-refractivity contribution in [1.29, 1.82) is 0 Å². The van der Waals surface area contributed by atoms with Crippen LogP contribution in [0.25, 0.3) is 0 Å². The van der Waals surface area contributed by atoms with Crippen molar-refractivity contribution in [2.75, 3.05) is 25.6 Å². The summed E-state index contributed by atoms with van der Waals surface area (Å²) in [5.41, 5.74) is 1.93. The number of aromatic nitrogens is 2. The minimum atomic E-state index is 0. The summed E-state index contributed by atoms with van der Waals surface area (Å²) in [5.74, 6) is 2.11. The van der Waals surface area contributed by atoms with Crippen LogP contribution in [0, 0.1) is 0 Å². The number of guanidine groups is 1. The average Bonchev–Trinajstić information content (AvgIpc) is 3.00. The minimum absolute atomic E-state index is 0. The minimum Gasteiger partial charge on any atom is -0.493 e. The molecule has 0 spiro atoms. The van der Waals surface area contributed by atoms with Gasteiger partial charge in [0.25, 0.3) is 0 Å². The van der Waals surface area contributed by atoms with E-state index < -0.39 is 0 Å². The highest BCUT2D eigenvalue weighted by Crippen LogP contribution is 2.30. The Balaban J connectivity index is 0.00000312. The lowest BCUT2D eigenvalue weighted by Crippen LogP contribution is -2.30. The molecule has 25 heavy (non-hydrogen) atoms. The number of aryl methyl sites for hydroxylation is 1. The standard InChI is InChI=1S/C17H25N5O2.HI/c1-5-18-17(19-10-13-11-20-22(3)12-13)21-14-7-8-15(24-6-2)16(9-14)23-4;/h7-9,11-12H,5-6,10H2,1-4H3,(H2,18,19,21);1H. The molecule has 0 aliphatic carbocycles. The van der Waals surface area contributed by atoms with Crippen LogP contribution in [0.3, 0.4) is 0 Å². The number of methoxy groups -OCH3 is 1. The second-order valence-corrected chi connectivity index (χ2v) is 5.14. The largest absolute Gasteiger partial charge is 0.493 e. The number of ether oxygens (including phenoxy) is 2. The van der Waals surface area contributed by atoms with Gasteiger partial charge in [0.15, 0.2) is 17.5 Å². The lowest BCUT2D eigenvalue weighted by atomic mass is 10.2. The van der Waals surface area contributed by atoms with Crippen molar-refractivity contribution in [1.82, 2.24) is 15.1 Å². The third kappa shape index (κ3) is 6.45. The Morgan fingerprint density at radius 2 is 2.08 bits per heavy atom. The van der Waals surface area contributed by atoms with Crippen molar-refractivity contribution in [2.24, 2.45) is 12.0 Å². The molecule has 138 valence electrons. The number of halogens is 1. The van der Waals surface area contributed by atoms with Crippen LogP contribution < -0.4 is 20.1 Å². The highest BCUT2D eigenvalue weighted by Gasteiger charge is 2.07. The molecule has 0 saturated carbocycles. The summed E-state index contributed by atoms with van der Waals surface area (Å²) >= 11 is 0. The number of hydrogen-bond acceptors (Lipinski definition) is 4. The van der Waals surface area contributed by atoms with Crippen molar-refractivity contribution in [3.8, 4) is 11.5 Å². The maximum absolute atomic E-state index is 5.54. The molecule has 8 heteroatoms. The van der Waals surface area contributed by atoms with Gasteiger partial charge in [-0.2, -0.15) is 5.10 Å². The summed E-state index contributed by atoms with van der Waals surface area (Å²) < 4.78 is 12.7. The number of hydrogen-bond donors (Lipinski definition) is 2. The number of anilines is 1. The van der Waals surface area contributed by atoms with E-state index in [9.17, 15) is 0 Å². The molecule has 1 aromatic carbocycles. The molecule has 7 nitrogen and oxygen atoms in total. The molecular formula is C17H26IN5O2. The Bertz CT molecular complexity index is 687. The first-order valence-corrected chi connectivity index (χ1v) is 8.00. The molecule has 2 N–H and O–H groups in total. The quantitative estimate of drug-likeness (QED) is 0.379. The monoisotopic (exact) mass is 459 g/mol. The van der Waals surface area contributed by atoms with Crippen LogP contribution in [0.1, 0.15) is 19.4 Å². The maximum Gasteiger partial charge on any atom is 0.196 e. The summed E-state index contributed by atoms with van der Waals surface area (Å²) in [6.45, 7) is 5.89. The number of aliphatic imine (C=N–C) groups is 1. The molecular weight excluding hydrogens is 433 g/mol. The first kappa shape index (κ1) is 21.1. The number of rotatable bonds is 7. The summed E-state index contributed by atoms with van der Waals surface area (Å²) in [4.78, 5) is 4.58. The van der Waals surface area contributed by atoms with E-state index in [0.29, 0.717) is 24.9 Å². The van der Waals surface area contributed by atoms with Gasteiger partial charge in [-0.15, -0.1) is 24.0 Å². The van der Waals surface area contributed by atoms with Crippen LogP contribution in [0.2, 0.25) is 0 Å². The van der Waals surface area contributed by atoms with Crippen molar-refractivity contribution >= 4 is 35.6 Å². The van der Waals surface area contributed by atoms with Gasteiger partial charge in [0.1, 0.15) is 0 Å². The molecule has 1 heterocycles. The topological polar surface area (TPSA) is 72.7 Å². The van der Waals surface area contributed by atoms with Gasteiger partial charge < -0.3 is 20.1 Å². The fourth-order valence-electron chi connectivity index (χ4n) is 2.19. The fraction of sp³-hybridized carbons (Fsp3) is 0.412. The van der Waals surface area contributed by atoms with Gasteiger partial charge in [-0.3, -0.25) is 4.68 Å². The molecule has 0 bridgehead atoms. The number of nitrogens with one attached hydrogen (secondary N) is 2. The van der Waals surface area contributed by atoms with E-state index in [1.807, 2.05) is 51.5 Å². The molecule has 0 saturated heterocycles. The van der Waals surface area contributed by atoms with Gasteiger partial charge in [-0.1, -0.05) is 0 Å². The molecule has 0 fully saturated rings. The summed E-state index contributed by atoms with van der Waals surface area (Å²) in [6, 6.07) is 5.71. The lowest BCUT2D eigenvalue weighted by Gasteiger charge is -2.14. The van der Waals surface area contributed by atoms with Crippen LogP contribution in [0.4, 0.5) is 5.69 Å². The van der Waals surface area contributed by atoms with Crippen molar-refractivity contribution < 1.29 is 9.47 Å². The van der Waals surface area contributed by atoms with Crippen LogP contribution >= 0.6 is 24.0 Å². The van der Waals surface area contributed by atoms with Crippen LogP contribution in [0.15, 0.2) is 35.6 Å². The zero-order valence-electron chi connectivity index (χ0n) is 15.1. The summed E-state index contributed by atoms with van der Waals surface area (Å²) in [5, 5.41) is 10.7. The van der Waals surface area contributed by atoms with E-state index in [1.165, 1.54) is 0 Å². The van der Waals surface area contributed by atoms with Crippen molar-refractivity contribution in [2.45, 2.75) is 20.4 Å². The normalized spacial score (nSPS) is 10.8. The summed E-state index contributed by atoms with van der Waals surface area (Å²) in [6.07, 6.45) is 3.76. The van der Waals surface area contributed by atoms with E-state index in [-0.39, 0.29) is 24.0 Å². The second-order valence-electron chi connectivity index (χ2n) is 5.14. The second kappa shape index (κ2) is 10.8. The molecule has 0 aliphatic heterocycles. The molecule has 1 aromatic heterocycles. The van der Waals surface area contributed by atoms with Crippen molar-refractivity contribution in [3.63, 3.8) is 0 Å². The Kier molecular flexibility index (Phi) is 9.11. The van der Waals surface area contributed by atoms with E-state index in [4.69, 9.17) is 9.47 Å². The Morgan fingerprint density at radius 1 is 1.28 bits per heavy atom. The van der Waals surface area contributed by atoms with Gasteiger partial charge in [-0.25, -0.2) is 4.99 Å². The van der Waals surface area contributed by atoms with E-state index in [0.717, 1.165) is 23.5 Å². The predicted octanol–water partition coefficient (Wildman–Crippen LogP) is 3.02. The highest BCUT2D eigenvalue weighted by molar-refractivity contribution is 14.0. The third-order valence-electron chi connectivity index (χ3n) is 3.25. The average molecular weight is 459 g/mol. The zero-order chi connectivity index (χ0) is 17.4. The lowest BCUT2D eigenvalue weighted by molar-refractivity contribution is 0.311. The molecule has 0 atom stereocenters. The van der Waals surface area contributed by atoms with Gasteiger partial charge in [0, 0.05) is 37.1 Å². The van der Waals surface area contributed by atoms with Gasteiger partial charge in [-0.05, 0) is 26.0 Å². The van der Waals surface area contributed by atoms with E-state index in [1.54, 1.807) is 11.8 Å². The van der Waals surface area contributed by atoms with Gasteiger partial charge in [0.05, 0.1) is 26.5 Å². The number of benzene rings is 1. The van der Waals surface area contributed by atoms with Crippen LogP contribution in [-0.4, -0.2) is 36.0 Å². The first-order valence-electron chi connectivity index (χ1n) is 8.00. The SMILES string of the molecule is CCNC(=NCc1cnn(C)c1)Nc1ccc(OCC)c(OC)c1.I. The first-order chi connectivity index (χ1) is 11.7. The number of nitrogens with zero attached hydrogens (tertiary/aromatic N) is 3. The van der Waals surface area contributed by atoms with E-state index >= 15 is 0 Å². The molecule has 2 rings (SSSR count). The van der Waals surface area contributed by atoms with Crippen molar-refractivity contribution in [3.05, 3.63) is 36.2 Å². The zero-order valence-corrected chi connectivity index (χ0v) is 17.4. The maximum atomic E-state index is 5.54. The Hall–Kier alpha value is -1.97. The van der Waals surface area contributed by atoms with Gasteiger partial charge in [0.2, 0.25) is 0 Å². The molecule has 0 amide bonds. The smallest absolute Gasteiger partial charge is 0.196 e. The molecule has 0 aliphatic rings. The molecule has 0 radical (unpaired) electrons. The van der Waals surface area contributed by atoms with Gasteiger partial charge >= 0.3 is 0 Å². The molecule has 0 unspecified atom stereocenters. The Morgan fingerprint density at radius 3 is 2.68 bits per heavy atom. The highest BCUT2D eigenvalue weighted by atomic mass is 127.